The molecule has 1 aliphatic heterocycles. The van der Waals surface area contributed by atoms with Gasteiger partial charge in [0.15, 0.2) is 15.0 Å². The zero-order valence-electron chi connectivity index (χ0n) is 10.8. The van der Waals surface area contributed by atoms with Gasteiger partial charge in [0.2, 0.25) is 0 Å². The number of hydrogen-bond acceptors (Lipinski definition) is 4. The van der Waals surface area contributed by atoms with Gasteiger partial charge in [-0.3, -0.25) is 4.99 Å². The zero-order chi connectivity index (χ0) is 12.9. The normalized spacial score (nSPS) is 24.0. The summed E-state index contributed by atoms with van der Waals surface area (Å²) in [5, 5.41) is 4.28. The van der Waals surface area contributed by atoms with Crippen molar-refractivity contribution >= 4 is 26.8 Å². The van der Waals surface area contributed by atoms with Crippen LogP contribution in [-0.2, 0) is 9.84 Å². The summed E-state index contributed by atoms with van der Waals surface area (Å²) in [5.74, 6) is 2.00. The van der Waals surface area contributed by atoms with E-state index in [4.69, 9.17) is 0 Å². The molecule has 17 heavy (non-hydrogen) atoms. The second-order valence-corrected chi connectivity index (χ2v) is 8.11. The molecule has 1 rings (SSSR count). The number of sulfone groups is 1. The fourth-order valence-corrected chi connectivity index (χ4v) is 3.22. The highest BCUT2D eigenvalue weighted by atomic mass is 32.2. The van der Waals surface area contributed by atoms with E-state index < -0.39 is 9.84 Å². The number of nitrogens with zero attached hydrogens (tertiary/aromatic N) is 1. The average Bonchev–Trinajstić information content (AvgIpc) is 2.29. The van der Waals surface area contributed by atoms with Crippen molar-refractivity contribution < 1.29 is 8.42 Å². The first-order chi connectivity index (χ1) is 7.94. The van der Waals surface area contributed by atoms with Gasteiger partial charge in [0.1, 0.15) is 0 Å². The van der Waals surface area contributed by atoms with Crippen LogP contribution in [0, 0.1) is 5.92 Å². The summed E-state index contributed by atoms with van der Waals surface area (Å²) in [6, 6.07) is 0.470. The molecule has 1 saturated heterocycles. The average molecular weight is 278 g/mol. The van der Waals surface area contributed by atoms with E-state index in [9.17, 15) is 8.42 Å². The summed E-state index contributed by atoms with van der Waals surface area (Å²) >= 11 is 1.69. The summed E-state index contributed by atoms with van der Waals surface area (Å²) < 4.78 is 22.6. The summed E-state index contributed by atoms with van der Waals surface area (Å²) in [5.41, 5.74) is 0. The van der Waals surface area contributed by atoms with Crippen LogP contribution in [-0.4, -0.2) is 43.4 Å². The minimum absolute atomic E-state index is 0.154. The van der Waals surface area contributed by atoms with Crippen molar-refractivity contribution in [3.63, 3.8) is 0 Å². The Balaban J connectivity index is 2.44. The van der Waals surface area contributed by atoms with E-state index in [0.29, 0.717) is 18.5 Å². The molecule has 4 nitrogen and oxygen atoms in total. The molecule has 0 saturated carbocycles. The summed E-state index contributed by atoms with van der Waals surface area (Å²) in [6.45, 7) is 6.42. The van der Waals surface area contributed by atoms with Crippen molar-refractivity contribution in [2.45, 2.75) is 33.2 Å². The van der Waals surface area contributed by atoms with Crippen LogP contribution >= 0.6 is 11.8 Å². The molecular weight excluding hydrogens is 256 g/mol. The molecule has 1 heterocycles. The Hall–Kier alpha value is -0.230. The van der Waals surface area contributed by atoms with Crippen LogP contribution in [0.4, 0.5) is 0 Å². The third kappa shape index (κ3) is 5.29. The predicted molar refractivity (Wildman–Crippen MR) is 75.5 cm³/mol. The molecule has 6 heteroatoms. The van der Waals surface area contributed by atoms with Crippen LogP contribution in [0.25, 0.3) is 0 Å². The van der Waals surface area contributed by atoms with Crippen LogP contribution in [0.15, 0.2) is 4.99 Å². The number of aliphatic imine (C=N–C) groups is 1. The first kappa shape index (κ1) is 14.8. The van der Waals surface area contributed by atoms with Gasteiger partial charge in [-0.05, 0) is 12.3 Å². The smallest absolute Gasteiger partial charge is 0.156 e. The molecule has 1 fully saturated rings. The number of nitrogens with one attached hydrogen (secondary N) is 1. The van der Waals surface area contributed by atoms with Gasteiger partial charge in [0.25, 0.3) is 0 Å². The Bertz CT molecular complexity index is 364. The van der Waals surface area contributed by atoms with Gasteiger partial charge in [-0.2, -0.15) is 0 Å². The van der Waals surface area contributed by atoms with Crippen molar-refractivity contribution in [1.29, 1.82) is 0 Å². The number of thioether (sulfide) groups is 1. The maximum atomic E-state index is 11.3. The monoisotopic (exact) mass is 278 g/mol. The molecule has 0 bridgehead atoms. The molecule has 0 spiro atoms. The fraction of sp³-hybridized carbons (Fsp3) is 0.909. The van der Waals surface area contributed by atoms with Crippen LogP contribution in [0.2, 0.25) is 0 Å². The molecule has 0 aromatic carbocycles. The summed E-state index contributed by atoms with van der Waals surface area (Å²) in [6.07, 6.45) is 1.15. The lowest BCUT2D eigenvalue weighted by Crippen LogP contribution is -2.41. The Morgan fingerprint density at radius 2 is 2.24 bits per heavy atom. The summed E-state index contributed by atoms with van der Waals surface area (Å²) in [7, 11) is -2.89. The molecule has 0 radical (unpaired) electrons. The number of rotatable bonds is 5. The topological polar surface area (TPSA) is 58.5 Å². The minimum atomic E-state index is -2.89. The highest BCUT2D eigenvalue weighted by molar-refractivity contribution is 8.13. The Morgan fingerprint density at radius 3 is 2.82 bits per heavy atom. The van der Waals surface area contributed by atoms with Crippen molar-refractivity contribution in [3.8, 4) is 0 Å². The number of amidine groups is 1. The van der Waals surface area contributed by atoms with Gasteiger partial charge in [-0.25, -0.2) is 8.42 Å². The second-order valence-electron chi connectivity index (χ2n) is 4.56. The van der Waals surface area contributed by atoms with Crippen LogP contribution in [0.5, 0.6) is 0 Å². The number of hydrogen-bond donors (Lipinski definition) is 1. The molecule has 1 aliphatic rings. The molecule has 100 valence electrons. The van der Waals surface area contributed by atoms with E-state index in [2.05, 4.69) is 24.2 Å². The van der Waals surface area contributed by atoms with Gasteiger partial charge in [-0.15, -0.1) is 0 Å². The van der Waals surface area contributed by atoms with Gasteiger partial charge in [0, 0.05) is 17.5 Å². The Kier molecular flexibility index (Phi) is 5.79. The maximum absolute atomic E-state index is 11.3. The third-order valence-electron chi connectivity index (χ3n) is 2.88. The maximum Gasteiger partial charge on any atom is 0.156 e. The lowest BCUT2D eigenvalue weighted by molar-refractivity contribution is 0.442. The van der Waals surface area contributed by atoms with Crippen molar-refractivity contribution in [1.82, 2.24) is 5.32 Å². The largest absolute Gasteiger partial charge is 0.362 e. The Labute approximate surface area is 109 Å². The minimum Gasteiger partial charge on any atom is -0.362 e. The van der Waals surface area contributed by atoms with Gasteiger partial charge >= 0.3 is 0 Å². The van der Waals surface area contributed by atoms with E-state index in [1.807, 2.05) is 0 Å². The van der Waals surface area contributed by atoms with Crippen LogP contribution < -0.4 is 5.32 Å². The van der Waals surface area contributed by atoms with Gasteiger partial charge < -0.3 is 5.32 Å². The van der Waals surface area contributed by atoms with E-state index >= 15 is 0 Å². The van der Waals surface area contributed by atoms with E-state index in [1.165, 1.54) is 0 Å². The second kappa shape index (κ2) is 6.64. The summed E-state index contributed by atoms with van der Waals surface area (Å²) in [4.78, 5) is 4.34. The molecule has 1 unspecified atom stereocenters. The van der Waals surface area contributed by atoms with Crippen molar-refractivity contribution in [2.75, 3.05) is 23.8 Å². The molecule has 1 atom stereocenters. The predicted octanol–water partition coefficient (Wildman–Crippen LogP) is 1.53. The molecule has 0 amide bonds. The van der Waals surface area contributed by atoms with Gasteiger partial charge in [-0.1, -0.05) is 32.5 Å². The highest BCUT2D eigenvalue weighted by Crippen LogP contribution is 2.18. The van der Waals surface area contributed by atoms with Crippen LogP contribution in [0.3, 0.4) is 0 Å². The fourth-order valence-electron chi connectivity index (χ4n) is 1.58. The van der Waals surface area contributed by atoms with E-state index in [-0.39, 0.29) is 11.5 Å². The van der Waals surface area contributed by atoms with Gasteiger partial charge in [0.05, 0.1) is 12.3 Å². The quantitative estimate of drug-likeness (QED) is 0.828. The van der Waals surface area contributed by atoms with Crippen molar-refractivity contribution in [3.05, 3.63) is 0 Å². The van der Waals surface area contributed by atoms with E-state index in [0.717, 1.165) is 17.3 Å². The lowest BCUT2D eigenvalue weighted by atomic mass is 10.0. The van der Waals surface area contributed by atoms with Crippen LogP contribution in [0.1, 0.15) is 27.2 Å². The first-order valence-corrected chi connectivity index (χ1v) is 8.89. The molecule has 1 N–H and O–H groups in total. The third-order valence-corrected chi connectivity index (χ3v) is 5.52. The standard InChI is InChI=1S/C11H22N2O2S2/c1-4-17(14,15)8-6-12-11-13-10(9(2)3)5-7-16-11/h9-10H,4-8H2,1-3H3,(H,12,13). The van der Waals surface area contributed by atoms with E-state index in [1.54, 1.807) is 18.7 Å². The van der Waals surface area contributed by atoms with Crippen molar-refractivity contribution in [2.24, 2.45) is 10.9 Å². The lowest BCUT2D eigenvalue weighted by Gasteiger charge is -2.28. The Morgan fingerprint density at radius 1 is 1.53 bits per heavy atom. The molecule has 0 aromatic rings. The molecule has 0 aliphatic carbocycles. The first-order valence-electron chi connectivity index (χ1n) is 6.09. The highest BCUT2D eigenvalue weighted by Gasteiger charge is 2.20. The molecular formula is C11H22N2O2S2. The molecule has 0 aromatic heterocycles. The zero-order valence-corrected chi connectivity index (χ0v) is 12.4. The SMILES string of the molecule is CCS(=O)(=O)CCN=C1NC(C(C)C)CCS1.